The van der Waals surface area contributed by atoms with Crippen molar-refractivity contribution in [2.75, 3.05) is 36.8 Å². The number of halogens is 2. The van der Waals surface area contributed by atoms with Crippen molar-refractivity contribution in [2.45, 2.75) is 0 Å². The highest BCUT2D eigenvalue weighted by Gasteiger charge is 2.14. The summed E-state index contributed by atoms with van der Waals surface area (Å²) in [5, 5.41) is 3.26. The smallest absolute Gasteiger partial charge is 0.139 e. The molecule has 1 aromatic rings. The highest BCUT2D eigenvalue weighted by Crippen LogP contribution is 2.29. The molecule has 15 heavy (non-hydrogen) atoms. The van der Waals surface area contributed by atoms with E-state index >= 15 is 0 Å². The van der Waals surface area contributed by atoms with Gasteiger partial charge in [-0.15, -0.1) is 0 Å². The third-order valence-electron chi connectivity index (χ3n) is 2.53. The molecular weight excluding hydrogens is 261 g/mol. The van der Waals surface area contributed by atoms with Crippen molar-refractivity contribution >= 4 is 27.3 Å². The number of rotatable bonds is 1. The number of nitrogen functional groups attached to an aromatic ring is 1. The number of hydrogen-bond acceptors (Lipinski definition) is 3. The lowest BCUT2D eigenvalue weighted by Gasteiger charge is -2.30. The molecule has 1 aromatic carbocycles. The van der Waals surface area contributed by atoms with Gasteiger partial charge >= 0.3 is 0 Å². The van der Waals surface area contributed by atoms with E-state index in [-0.39, 0.29) is 5.82 Å². The van der Waals surface area contributed by atoms with Gasteiger partial charge in [-0.1, -0.05) is 0 Å². The molecule has 0 spiro atoms. The standard InChI is InChI=1S/C10H13BrFN3/c11-7-5-10(9(13)6-8(7)12)15-3-1-14-2-4-15/h5-6,14H,1-4,13H2. The lowest BCUT2D eigenvalue weighted by molar-refractivity contribution is 0.587. The maximum Gasteiger partial charge on any atom is 0.139 e. The van der Waals surface area contributed by atoms with Crippen molar-refractivity contribution in [1.82, 2.24) is 5.32 Å². The Hall–Kier alpha value is -0.810. The minimum absolute atomic E-state index is 0.314. The summed E-state index contributed by atoms with van der Waals surface area (Å²) in [6.45, 7) is 3.69. The molecular formula is C10H13BrFN3. The molecule has 0 bridgehead atoms. The van der Waals surface area contributed by atoms with Crippen molar-refractivity contribution in [2.24, 2.45) is 0 Å². The third kappa shape index (κ3) is 2.23. The van der Waals surface area contributed by atoms with E-state index in [1.807, 2.05) is 0 Å². The van der Waals surface area contributed by atoms with Crippen LogP contribution in [0.15, 0.2) is 16.6 Å². The van der Waals surface area contributed by atoms with Crippen LogP contribution in [0.4, 0.5) is 15.8 Å². The molecule has 0 aromatic heterocycles. The first kappa shape index (κ1) is 10.7. The van der Waals surface area contributed by atoms with Crippen molar-refractivity contribution in [3.8, 4) is 0 Å². The summed E-state index contributed by atoms with van der Waals surface area (Å²) in [6.07, 6.45) is 0. The van der Waals surface area contributed by atoms with Gasteiger partial charge in [0.05, 0.1) is 15.8 Å². The van der Waals surface area contributed by atoms with Crippen LogP contribution < -0.4 is 16.0 Å². The topological polar surface area (TPSA) is 41.3 Å². The predicted molar refractivity (Wildman–Crippen MR) is 63.6 cm³/mol. The van der Waals surface area contributed by atoms with Crippen LogP contribution in [0.1, 0.15) is 0 Å². The molecule has 0 aliphatic carbocycles. The summed E-state index contributed by atoms with van der Waals surface area (Å²) in [6, 6.07) is 3.11. The Morgan fingerprint density at radius 2 is 2.00 bits per heavy atom. The normalized spacial score (nSPS) is 16.8. The first-order valence-corrected chi connectivity index (χ1v) is 5.68. The Kier molecular flexibility index (Phi) is 3.11. The zero-order valence-corrected chi connectivity index (χ0v) is 9.85. The molecule has 3 N–H and O–H groups in total. The van der Waals surface area contributed by atoms with E-state index in [2.05, 4.69) is 26.1 Å². The Morgan fingerprint density at radius 3 is 2.67 bits per heavy atom. The minimum Gasteiger partial charge on any atom is -0.397 e. The van der Waals surface area contributed by atoms with Crippen LogP contribution in [-0.2, 0) is 0 Å². The highest BCUT2D eigenvalue weighted by atomic mass is 79.9. The number of nitrogens with two attached hydrogens (primary N) is 1. The zero-order chi connectivity index (χ0) is 10.8. The Morgan fingerprint density at radius 1 is 1.33 bits per heavy atom. The zero-order valence-electron chi connectivity index (χ0n) is 8.26. The second kappa shape index (κ2) is 4.37. The van der Waals surface area contributed by atoms with Crippen LogP contribution in [0.2, 0.25) is 0 Å². The van der Waals surface area contributed by atoms with Gasteiger partial charge in [-0.2, -0.15) is 0 Å². The average Bonchev–Trinajstić information content (AvgIpc) is 2.25. The maximum absolute atomic E-state index is 13.2. The van der Waals surface area contributed by atoms with Gasteiger partial charge in [-0.25, -0.2) is 4.39 Å². The number of hydrogen-bond donors (Lipinski definition) is 2. The second-order valence-corrected chi connectivity index (χ2v) is 4.42. The number of anilines is 2. The van der Waals surface area contributed by atoms with Gasteiger partial charge in [0.15, 0.2) is 0 Å². The molecule has 0 amide bonds. The molecule has 1 fully saturated rings. The second-order valence-electron chi connectivity index (χ2n) is 3.56. The monoisotopic (exact) mass is 273 g/mol. The lowest BCUT2D eigenvalue weighted by atomic mass is 10.2. The molecule has 1 aliphatic rings. The largest absolute Gasteiger partial charge is 0.397 e. The highest BCUT2D eigenvalue weighted by molar-refractivity contribution is 9.10. The van der Waals surface area contributed by atoms with Crippen molar-refractivity contribution < 1.29 is 4.39 Å². The van der Waals surface area contributed by atoms with Gasteiger partial charge in [0.25, 0.3) is 0 Å². The van der Waals surface area contributed by atoms with E-state index < -0.39 is 0 Å². The number of benzene rings is 1. The van der Waals surface area contributed by atoms with Gasteiger partial charge in [-0.05, 0) is 22.0 Å². The van der Waals surface area contributed by atoms with Crippen LogP contribution in [0.3, 0.4) is 0 Å². The summed E-state index contributed by atoms with van der Waals surface area (Å²) in [7, 11) is 0. The van der Waals surface area contributed by atoms with Gasteiger partial charge in [-0.3, -0.25) is 0 Å². The molecule has 1 heterocycles. The molecule has 3 nitrogen and oxygen atoms in total. The van der Waals surface area contributed by atoms with Crippen LogP contribution in [0.25, 0.3) is 0 Å². The predicted octanol–water partition coefficient (Wildman–Crippen LogP) is 1.58. The van der Waals surface area contributed by atoms with Gasteiger partial charge in [0, 0.05) is 32.2 Å². The average molecular weight is 274 g/mol. The fraction of sp³-hybridized carbons (Fsp3) is 0.400. The van der Waals surface area contributed by atoms with E-state index in [0.29, 0.717) is 10.2 Å². The van der Waals surface area contributed by atoms with Crippen LogP contribution in [0, 0.1) is 5.82 Å². The first-order valence-electron chi connectivity index (χ1n) is 4.88. The van der Waals surface area contributed by atoms with Crippen LogP contribution in [-0.4, -0.2) is 26.2 Å². The number of nitrogens with zero attached hydrogens (tertiary/aromatic N) is 1. The molecule has 2 rings (SSSR count). The van der Waals surface area contributed by atoms with E-state index in [4.69, 9.17) is 5.73 Å². The summed E-state index contributed by atoms with van der Waals surface area (Å²) in [4.78, 5) is 2.16. The molecule has 0 unspecified atom stereocenters. The third-order valence-corrected chi connectivity index (χ3v) is 3.13. The summed E-state index contributed by atoms with van der Waals surface area (Å²) in [5.74, 6) is -0.314. The molecule has 5 heteroatoms. The van der Waals surface area contributed by atoms with Crippen molar-refractivity contribution in [1.29, 1.82) is 0 Å². The Bertz CT molecular complexity index is 364. The number of piperazine rings is 1. The van der Waals surface area contributed by atoms with Crippen molar-refractivity contribution in [3.05, 3.63) is 22.4 Å². The van der Waals surface area contributed by atoms with Crippen LogP contribution in [0.5, 0.6) is 0 Å². The summed E-state index contributed by atoms with van der Waals surface area (Å²) >= 11 is 3.17. The van der Waals surface area contributed by atoms with E-state index in [1.165, 1.54) is 6.07 Å². The van der Waals surface area contributed by atoms with E-state index in [0.717, 1.165) is 31.9 Å². The van der Waals surface area contributed by atoms with Gasteiger partial charge in [0.1, 0.15) is 5.82 Å². The van der Waals surface area contributed by atoms with E-state index in [9.17, 15) is 4.39 Å². The van der Waals surface area contributed by atoms with Gasteiger partial charge in [0.2, 0.25) is 0 Å². The molecule has 1 aliphatic heterocycles. The van der Waals surface area contributed by atoms with Gasteiger partial charge < -0.3 is 16.0 Å². The lowest BCUT2D eigenvalue weighted by Crippen LogP contribution is -2.43. The molecule has 0 saturated carbocycles. The molecule has 82 valence electrons. The molecule has 0 radical (unpaired) electrons. The first-order chi connectivity index (χ1) is 7.18. The fourth-order valence-corrected chi connectivity index (χ4v) is 2.06. The maximum atomic E-state index is 13.2. The quantitative estimate of drug-likeness (QED) is 0.764. The molecule has 1 saturated heterocycles. The molecule has 0 atom stereocenters. The number of nitrogens with one attached hydrogen (secondary N) is 1. The Labute approximate surface area is 96.6 Å². The fourth-order valence-electron chi connectivity index (χ4n) is 1.73. The SMILES string of the molecule is Nc1cc(F)c(Br)cc1N1CCNCC1. The summed E-state index contributed by atoms with van der Waals surface area (Å²) in [5.41, 5.74) is 7.20. The van der Waals surface area contributed by atoms with Crippen molar-refractivity contribution in [3.63, 3.8) is 0 Å². The Balaban J connectivity index is 2.30. The van der Waals surface area contributed by atoms with Crippen LogP contribution >= 0.6 is 15.9 Å². The summed E-state index contributed by atoms with van der Waals surface area (Å²) < 4.78 is 13.6. The van der Waals surface area contributed by atoms with E-state index in [1.54, 1.807) is 6.07 Å². The minimum atomic E-state index is -0.314.